The normalized spacial score (nSPS) is 22.8. The lowest BCUT2D eigenvalue weighted by Crippen LogP contribution is -2.49. The molecule has 2 fully saturated rings. The molecular formula is C29H33N5O3. The zero-order chi connectivity index (χ0) is 25.2. The molecule has 2 aliphatic rings. The molecule has 1 aliphatic carbocycles. The minimum Gasteiger partial charge on any atom is -0.457 e. The van der Waals surface area contributed by atoms with Gasteiger partial charge in [0.05, 0.1) is 24.2 Å². The lowest BCUT2D eigenvalue weighted by Gasteiger charge is -2.40. The van der Waals surface area contributed by atoms with Crippen LogP contribution in [0.25, 0.3) is 22.2 Å². The largest absolute Gasteiger partial charge is 0.457 e. The summed E-state index contributed by atoms with van der Waals surface area (Å²) in [5, 5.41) is 12.2. The van der Waals surface area contributed by atoms with Crippen molar-refractivity contribution in [2.24, 2.45) is 0 Å². The van der Waals surface area contributed by atoms with Gasteiger partial charge in [0.1, 0.15) is 29.3 Å². The van der Waals surface area contributed by atoms with Gasteiger partial charge in [-0.1, -0.05) is 30.3 Å². The first-order chi connectivity index (χ1) is 18.1. The fourth-order valence-electron chi connectivity index (χ4n) is 5.68. The Labute approximate surface area is 216 Å². The number of aliphatic hydroxyl groups is 1. The predicted octanol–water partition coefficient (Wildman–Crippen LogP) is 4.65. The van der Waals surface area contributed by atoms with Crippen LogP contribution in [0.1, 0.15) is 31.7 Å². The number of anilines is 1. The number of aromatic nitrogens is 3. The van der Waals surface area contributed by atoms with E-state index in [1.807, 2.05) is 54.6 Å². The van der Waals surface area contributed by atoms with Crippen molar-refractivity contribution < 1.29 is 14.6 Å². The van der Waals surface area contributed by atoms with Crippen molar-refractivity contribution >= 4 is 16.9 Å². The molecule has 2 aromatic carbocycles. The van der Waals surface area contributed by atoms with Gasteiger partial charge in [0.15, 0.2) is 0 Å². The highest BCUT2D eigenvalue weighted by Crippen LogP contribution is 2.41. The van der Waals surface area contributed by atoms with Crippen molar-refractivity contribution in [2.45, 2.75) is 37.3 Å². The van der Waals surface area contributed by atoms with E-state index < -0.39 is 5.60 Å². The molecule has 1 aliphatic heterocycles. The van der Waals surface area contributed by atoms with Crippen molar-refractivity contribution in [3.63, 3.8) is 0 Å². The van der Waals surface area contributed by atoms with Gasteiger partial charge >= 0.3 is 0 Å². The zero-order valence-electron chi connectivity index (χ0n) is 20.9. The zero-order valence-corrected chi connectivity index (χ0v) is 20.9. The molecule has 1 saturated carbocycles. The van der Waals surface area contributed by atoms with E-state index in [0.29, 0.717) is 12.4 Å². The van der Waals surface area contributed by atoms with Gasteiger partial charge < -0.3 is 24.9 Å². The van der Waals surface area contributed by atoms with E-state index in [0.717, 1.165) is 85.6 Å². The minimum absolute atomic E-state index is 0.246. The van der Waals surface area contributed by atoms with Crippen LogP contribution in [0.5, 0.6) is 11.5 Å². The topological polar surface area (TPSA) is 98.7 Å². The van der Waals surface area contributed by atoms with Gasteiger partial charge in [-0.25, -0.2) is 9.97 Å². The van der Waals surface area contributed by atoms with E-state index >= 15 is 0 Å². The Kier molecular flexibility index (Phi) is 6.54. The molecule has 8 heteroatoms. The number of para-hydroxylation sites is 1. The fourth-order valence-corrected chi connectivity index (χ4v) is 5.68. The maximum absolute atomic E-state index is 11.3. The quantitative estimate of drug-likeness (QED) is 0.398. The van der Waals surface area contributed by atoms with Crippen LogP contribution in [-0.4, -0.2) is 63.0 Å². The Morgan fingerprint density at radius 1 is 0.973 bits per heavy atom. The summed E-state index contributed by atoms with van der Waals surface area (Å²) in [7, 11) is 0. The molecule has 3 N–H and O–H groups in total. The Bertz CT molecular complexity index is 1340. The van der Waals surface area contributed by atoms with Crippen LogP contribution < -0.4 is 10.5 Å². The average Bonchev–Trinajstić information content (AvgIpc) is 3.32. The summed E-state index contributed by atoms with van der Waals surface area (Å²) < 4.78 is 13.7. The SMILES string of the molecule is Nc1ncnc2c1c(-c1ccc(Oc3ccccc3)cc1)cn2C1CCC(O)(CN2CCOCC2)CC1. The Morgan fingerprint density at radius 2 is 1.68 bits per heavy atom. The standard InChI is InChI=1S/C29H33N5O3/c30-27-26-25(21-6-8-24(9-7-21)37-23-4-2-1-3-5-23)18-34(28(26)32-20-31-27)22-10-12-29(35,13-11-22)19-33-14-16-36-17-15-33/h1-9,18,20,22,35H,10-17,19H2,(H2,30,31,32). The number of nitrogens with two attached hydrogens (primary N) is 1. The fraction of sp³-hybridized carbons (Fsp3) is 0.379. The number of β-amino-alcohol motifs (C(OH)–C–C–N with tert-alkyl or cyclic N) is 1. The van der Waals surface area contributed by atoms with Crippen LogP contribution in [0, 0.1) is 0 Å². The van der Waals surface area contributed by atoms with E-state index in [4.69, 9.17) is 15.2 Å². The van der Waals surface area contributed by atoms with Gasteiger partial charge in [-0.3, -0.25) is 4.90 Å². The summed E-state index contributed by atoms with van der Waals surface area (Å²) in [6.07, 6.45) is 6.98. The van der Waals surface area contributed by atoms with E-state index in [1.165, 1.54) is 6.33 Å². The van der Waals surface area contributed by atoms with Gasteiger partial charge in [-0.15, -0.1) is 0 Å². The number of hydrogen-bond donors (Lipinski definition) is 2. The van der Waals surface area contributed by atoms with Crippen molar-refractivity contribution in [3.05, 3.63) is 67.1 Å². The molecule has 8 nitrogen and oxygen atoms in total. The Hall–Kier alpha value is -3.46. The van der Waals surface area contributed by atoms with Crippen LogP contribution in [-0.2, 0) is 4.74 Å². The molecule has 0 radical (unpaired) electrons. The highest BCUT2D eigenvalue weighted by molar-refractivity contribution is 6.00. The highest BCUT2D eigenvalue weighted by atomic mass is 16.5. The Morgan fingerprint density at radius 3 is 2.41 bits per heavy atom. The first-order valence-electron chi connectivity index (χ1n) is 13.0. The molecule has 1 saturated heterocycles. The van der Waals surface area contributed by atoms with Crippen LogP contribution in [0.15, 0.2) is 67.1 Å². The van der Waals surface area contributed by atoms with Crippen molar-refractivity contribution in [2.75, 3.05) is 38.6 Å². The number of nitrogens with zero attached hydrogens (tertiary/aromatic N) is 4. The molecule has 0 spiro atoms. The number of rotatable bonds is 6. The predicted molar refractivity (Wildman–Crippen MR) is 144 cm³/mol. The molecule has 0 unspecified atom stereocenters. The second-order valence-corrected chi connectivity index (χ2v) is 10.2. The smallest absolute Gasteiger partial charge is 0.146 e. The number of morpholine rings is 1. The molecule has 0 bridgehead atoms. The highest BCUT2D eigenvalue weighted by Gasteiger charge is 2.36. The van der Waals surface area contributed by atoms with Crippen LogP contribution in [0.2, 0.25) is 0 Å². The monoisotopic (exact) mass is 499 g/mol. The van der Waals surface area contributed by atoms with Gasteiger partial charge in [-0.05, 0) is 55.5 Å². The first-order valence-corrected chi connectivity index (χ1v) is 13.0. The lowest BCUT2D eigenvalue weighted by atomic mass is 9.81. The van der Waals surface area contributed by atoms with Gasteiger partial charge in [0, 0.05) is 37.4 Å². The molecule has 4 aromatic rings. The average molecular weight is 500 g/mol. The molecule has 0 amide bonds. The van der Waals surface area contributed by atoms with Gasteiger partial charge in [0.2, 0.25) is 0 Å². The summed E-state index contributed by atoms with van der Waals surface area (Å²) in [6, 6.07) is 18.0. The van der Waals surface area contributed by atoms with Crippen molar-refractivity contribution in [3.8, 4) is 22.6 Å². The molecule has 3 heterocycles. The van der Waals surface area contributed by atoms with Crippen LogP contribution in [0.3, 0.4) is 0 Å². The first kappa shape index (κ1) is 23.9. The third-order valence-corrected chi connectivity index (χ3v) is 7.68. The number of ether oxygens (including phenoxy) is 2. The third kappa shape index (κ3) is 5.05. The second kappa shape index (κ2) is 10.1. The number of fused-ring (bicyclic) bond motifs is 1. The summed E-state index contributed by atoms with van der Waals surface area (Å²) >= 11 is 0. The van der Waals surface area contributed by atoms with E-state index in [1.54, 1.807) is 0 Å². The Balaban J connectivity index is 1.23. The van der Waals surface area contributed by atoms with Crippen molar-refractivity contribution in [1.82, 2.24) is 19.4 Å². The van der Waals surface area contributed by atoms with Crippen molar-refractivity contribution in [1.29, 1.82) is 0 Å². The minimum atomic E-state index is -0.651. The maximum Gasteiger partial charge on any atom is 0.146 e. The summed E-state index contributed by atoms with van der Waals surface area (Å²) in [5.74, 6) is 2.05. The molecule has 2 aromatic heterocycles. The molecule has 192 valence electrons. The maximum atomic E-state index is 11.3. The third-order valence-electron chi connectivity index (χ3n) is 7.68. The van der Waals surface area contributed by atoms with Gasteiger partial charge in [0.25, 0.3) is 0 Å². The van der Waals surface area contributed by atoms with E-state index in [2.05, 4.69) is 25.6 Å². The summed E-state index contributed by atoms with van der Waals surface area (Å²) in [4.78, 5) is 11.2. The van der Waals surface area contributed by atoms with Gasteiger partial charge in [-0.2, -0.15) is 0 Å². The van der Waals surface area contributed by atoms with E-state index in [-0.39, 0.29) is 6.04 Å². The van der Waals surface area contributed by atoms with Crippen LogP contribution >= 0.6 is 0 Å². The molecular weight excluding hydrogens is 466 g/mol. The van der Waals surface area contributed by atoms with Crippen LogP contribution in [0.4, 0.5) is 5.82 Å². The number of nitrogen functional groups attached to an aromatic ring is 1. The van der Waals surface area contributed by atoms with E-state index in [9.17, 15) is 5.11 Å². The number of hydrogen-bond acceptors (Lipinski definition) is 7. The molecule has 6 rings (SSSR count). The summed E-state index contributed by atoms with van der Waals surface area (Å²) in [6.45, 7) is 3.99. The lowest BCUT2D eigenvalue weighted by molar-refractivity contribution is -0.0566. The molecule has 0 atom stereocenters. The second-order valence-electron chi connectivity index (χ2n) is 10.2. The summed E-state index contributed by atoms with van der Waals surface area (Å²) in [5.41, 5.74) is 8.60. The number of benzene rings is 2. The molecule has 37 heavy (non-hydrogen) atoms.